The van der Waals surface area contributed by atoms with Gasteiger partial charge in [0.05, 0.1) is 0 Å². The Balaban J connectivity index is 1.55. The molecule has 1 fully saturated rings. The van der Waals surface area contributed by atoms with E-state index in [0.717, 1.165) is 43.3 Å². The monoisotopic (exact) mass is 314 g/mol. The fraction of sp³-hybridized carbons (Fsp3) is 0.412. The van der Waals surface area contributed by atoms with Crippen molar-refractivity contribution in [2.75, 3.05) is 44.3 Å². The van der Waals surface area contributed by atoms with E-state index < -0.39 is 0 Å². The lowest BCUT2D eigenvalue weighted by Gasteiger charge is -2.28. The maximum atomic E-state index is 5.79. The number of rotatable bonds is 6. The molecule has 1 aromatic heterocycles. The van der Waals surface area contributed by atoms with Crippen molar-refractivity contribution < 1.29 is 9.47 Å². The molecule has 122 valence electrons. The molecular formula is C17H22N4O2. The molecule has 0 atom stereocenters. The van der Waals surface area contributed by atoms with Gasteiger partial charge in [0, 0.05) is 38.6 Å². The average molecular weight is 314 g/mol. The fourth-order valence-electron chi connectivity index (χ4n) is 2.52. The Morgan fingerprint density at radius 3 is 2.61 bits per heavy atom. The van der Waals surface area contributed by atoms with E-state index in [1.165, 1.54) is 0 Å². The first kappa shape index (κ1) is 15.6. The van der Waals surface area contributed by atoms with Gasteiger partial charge in [-0.25, -0.2) is 9.97 Å². The Hall–Kier alpha value is -2.34. The lowest BCUT2D eigenvalue weighted by molar-refractivity contribution is 0.211. The zero-order chi connectivity index (χ0) is 15.9. The molecule has 0 aliphatic carbocycles. The number of benzene rings is 1. The van der Waals surface area contributed by atoms with Crippen molar-refractivity contribution in [3.8, 4) is 11.6 Å². The minimum atomic E-state index is 0.437. The average Bonchev–Trinajstić information content (AvgIpc) is 2.61. The summed E-state index contributed by atoms with van der Waals surface area (Å²) in [5.41, 5.74) is 1.12. The molecule has 6 nitrogen and oxygen atoms in total. The number of hydrogen-bond donors (Lipinski definition) is 1. The molecule has 1 saturated heterocycles. The Morgan fingerprint density at radius 1 is 1.04 bits per heavy atom. The molecule has 0 bridgehead atoms. The standard InChI is InChI=1S/C17H22N4O2/c1-14-4-2-3-5-15(14)22-12-13-23-17-16(19-6-7-20-17)21-10-8-18-9-11-21/h2-7,18H,8-13H2,1H3. The largest absolute Gasteiger partial charge is 0.490 e. The first-order valence-electron chi connectivity index (χ1n) is 7.92. The van der Waals surface area contributed by atoms with Crippen molar-refractivity contribution in [2.45, 2.75) is 6.92 Å². The van der Waals surface area contributed by atoms with Crippen LogP contribution in [-0.2, 0) is 0 Å². The number of anilines is 1. The quantitative estimate of drug-likeness (QED) is 0.818. The van der Waals surface area contributed by atoms with E-state index in [1.54, 1.807) is 12.4 Å². The van der Waals surface area contributed by atoms with E-state index in [0.29, 0.717) is 19.1 Å². The van der Waals surface area contributed by atoms with Crippen LogP contribution in [0.2, 0.25) is 0 Å². The number of para-hydroxylation sites is 1. The Morgan fingerprint density at radius 2 is 1.78 bits per heavy atom. The highest BCUT2D eigenvalue weighted by Crippen LogP contribution is 2.22. The zero-order valence-electron chi connectivity index (χ0n) is 13.4. The third-order valence-electron chi connectivity index (χ3n) is 3.74. The molecule has 1 aromatic carbocycles. The lowest BCUT2D eigenvalue weighted by Crippen LogP contribution is -2.44. The number of nitrogens with zero attached hydrogens (tertiary/aromatic N) is 3. The predicted molar refractivity (Wildman–Crippen MR) is 89.3 cm³/mol. The molecule has 3 rings (SSSR count). The minimum absolute atomic E-state index is 0.437. The summed E-state index contributed by atoms with van der Waals surface area (Å²) in [5, 5.41) is 3.33. The molecule has 2 heterocycles. The molecule has 6 heteroatoms. The van der Waals surface area contributed by atoms with Crippen LogP contribution in [-0.4, -0.2) is 49.4 Å². The van der Waals surface area contributed by atoms with Crippen LogP contribution in [0.4, 0.5) is 5.82 Å². The van der Waals surface area contributed by atoms with Crippen LogP contribution in [0.15, 0.2) is 36.7 Å². The Labute approximate surface area is 136 Å². The van der Waals surface area contributed by atoms with Gasteiger partial charge in [-0.15, -0.1) is 0 Å². The van der Waals surface area contributed by atoms with E-state index in [9.17, 15) is 0 Å². The lowest BCUT2D eigenvalue weighted by atomic mass is 10.2. The number of hydrogen-bond acceptors (Lipinski definition) is 6. The molecule has 1 aliphatic heterocycles. The first-order valence-corrected chi connectivity index (χ1v) is 7.92. The normalized spacial score (nSPS) is 14.6. The van der Waals surface area contributed by atoms with E-state index in [4.69, 9.17) is 9.47 Å². The van der Waals surface area contributed by atoms with Crippen LogP contribution in [0.3, 0.4) is 0 Å². The fourth-order valence-corrected chi connectivity index (χ4v) is 2.52. The molecule has 1 N–H and O–H groups in total. The van der Waals surface area contributed by atoms with E-state index in [2.05, 4.69) is 20.2 Å². The second kappa shape index (κ2) is 7.78. The highest BCUT2D eigenvalue weighted by atomic mass is 16.5. The van der Waals surface area contributed by atoms with E-state index >= 15 is 0 Å². The molecule has 0 amide bonds. The van der Waals surface area contributed by atoms with Gasteiger partial charge in [0.2, 0.25) is 0 Å². The summed E-state index contributed by atoms with van der Waals surface area (Å²) in [6.45, 7) is 6.66. The maximum absolute atomic E-state index is 5.79. The van der Waals surface area contributed by atoms with E-state index in [-0.39, 0.29) is 0 Å². The van der Waals surface area contributed by atoms with Crippen molar-refractivity contribution in [1.82, 2.24) is 15.3 Å². The summed E-state index contributed by atoms with van der Waals surface area (Å²) in [4.78, 5) is 10.9. The third kappa shape index (κ3) is 4.10. The molecule has 0 spiro atoms. The number of aryl methyl sites for hydroxylation is 1. The Kier molecular flexibility index (Phi) is 5.26. The topological polar surface area (TPSA) is 59.5 Å². The highest BCUT2D eigenvalue weighted by Gasteiger charge is 2.17. The second-order valence-corrected chi connectivity index (χ2v) is 5.38. The summed E-state index contributed by atoms with van der Waals surface area (Å²) in [7, 11) is 0. The number of piperazine rings is 1. The number of ether oxygens (including phenoxy) is 2. The van der Waals surface area contributed by atoms with Crippen LogP contribution in [0.5, 0.6) is 11.6 Å². The summed E-state index contributed by atoms with van der Waals surface area (Å²) < 4.78 is 11.5. The van der Waals surface area contributed by atoms with Crippen molar-refractivity contribution in [2.24, 2.45) is 0 Å². The van der Waals surface area contributed by atoms with Gasteiger partial charge < -0.3 is 19.7 Å². The summed E-state index contributed by atoms with van der Waals surface area (Å²) in [5.74, 6) is 2.27. The molecule has 0 unspecified atom stereocenters. The molecule has 2 aromatic rings. The zero-order valence-corrected chi connectivity index (χ0v) is 13.4. The van der Waals surface area contributed by atoms with Gasteiger partial charge in [-0.05, 0) is 18.6 Å². The smallest absolute Gasteiger partial charge is 0.257 e. The van der Waals surface area contributed by atoms with Gasteiger partial charge in [-0.3, -0.25) is 0 Å². The van der Waals surface area contributed by atoms with Crippen molar-refractivity contribution >= 4 is 5.82 Å². The summed E-state index contributed by atoms with van der Waals surface area (Å²) in [6, 6.07) is 7.96. The summed E-state index contributed by atoms with van der Waals surface area (Å²) in [6.07, 6.45) is 3.36. The third-order valence-corrected chi connectivity index (χ3v) is 3.74. The van der Waals surface area contributed by atoms with Gasteiger partial charge in [0.15, 0.2) is 5.82 Å². The van der Waals surface area contributed by atoms with E-state index in [1.807, 2.05) is 31.2 Å². The second-order valence-electron chi connectivity index (χ2n) is 5.38. The van der Waals surface area contributed by atoms with Crippen molar-refractivity contribution in [3.05, 3.63) is 42.2 Å². The van der Waals surface area contributed by atoms with Gasteiger partial charge in [0.1, 0.15) is 19.0 Å². The molecule has 1 aliphatic rings. The Bertz CT molecular complexity index is 629. The maximum Gasteiger partial charge on any atom is 0.257 e. The molecule has 0 saturated carbocycles. The van der Waals surface area contributed by atoms with Crippen molar-refractivity contribution in [1.29, 1.82) is 0 Å². The predicted octanol–water partition coefficient (Wildman–Crippen LogP) is 1.65. The SMILES string of the molecule is Cc1ccccc1OCCOc1nccnc1N1CCNCC1. The number of nitrogens with one attached hydrogen (secondary N) is 1. The molecular weight excluding hydrogens is 292 g/mol. The molecule has 23 heavy (non-hydrogen) atoms. The minimum Gasteiger partial charge on any atom is -0.490 e. The number of aromatic nitrogens is 2. The molecule has 0 radical (unpaired) electrons. The van der Waals surface area contributed by atoms with Gasteiger partial charge in [-0.1, -0.05) is 18.2 Å². The first-order chi connectivity index (χ1) is 11.3. The summed E-state index contributed by atoms with van der Waals surface area (Å²) >= 11 is 0. The van der Waals surface area contributed by atoms with Crippen LogP contribution < -0.4 is 19.7 Å². The highest BCUT2D eigenvalue weighted by molar-refractivity contribution is 5.48. The van der Waals surface area contributed by atoms with Crippen molar-refractivity contribution in [3.63, 3.8) is 0 Å². The van der Waals surface area contributed by atoms with Gasteiger partial charge in [0.25, 0.3) is 5.88 Å². The van der Waals surface area contributed by atoms with Crippen LogP contribution in [0, 0.1) is 6.92 Å². The van der Waals surface area contributed by atoms with Crippen LogP contribution >= 0.6 is 0 Å². The van der Waals surface area contributed by atoms with Crippen LogP contribution in [0.25, 0.3) is 0 Å². The van der Waals surface area contributed by atoms with Crippen LogP contribution in [0.1, 0.15) is 5.56 Å². The van der Waals surface area contributed by atoms with Gasteiger partial charge >= 0.3 is 0 Å². The van der Waals surface area contributed by atoms with Gasteiger partial charge in [-0.2, -0.15) is 0 Å².